The number of hydrogen-bond donors (Lipinski definition) is 10. The second-order valence-corrected chi connectivity index (χ2v) is 35.2. The van der Waals surface area contributed by atoms with Crippen LogP contribution in [0.15, 0.2) is 36.5 Å². The molecule has 2 saturated heterocycles. The van der Waals surface area contributed by atoms with Gasteiger partial charge in [-0.05, 0) is 109 Å². The Hall–Kier alpha value is -3.31. The Morgan fingerprint density at radius 3 is 1.11 bits per heavy atom. The molecule has 690 valence electrons. The maximum atomic E-state index is 14.9. The average molecular weight is 1700 g/mol. The first-order valence-corrected chi connectivity index (χ1v) is 48.6. The molecule has 25 nitrogen and oxygen atoms in total. The number of rotatable bonds is 75. The van der Waals surface area contributed by atoms with Crippen LogP contribution in [0.3, 0.4) is 0 Å². The number of phosphoric ester groups is 1. The van der Waals surface area contributed by atoms with Crippen molar-refractivity contribution in [3.63, 3.8) is 0 Å². The van der Waals surface area contributed by atoms with Crippen molar-refractivity contribution < 1.29 is 122 Å². The smallest absolute Gasteiger partial charge is 0.463 e. The minimum atomic E-state index is -5.81. The number of allylic oxidation sites excluding steroid dienone is 6. The van der Waals surface area contributed by atoms with Crippen molar-refractivity contribution in [1.29, 1.82) is 0 Å². The number of aliphatic hydroxyl groups is 9. The zero-order valence-corrected chi connectivity index (χ0v) is 74.5. The first kappa shape index (κ1) is 109. The Kier molecular flexibility index (Phi) is 64.5. The van der Waals surface area contributed by atoms with Gasteiger partial charge < -0.3 is 88.7 Å². The van der Waals surface area contributed by atoms with Gasteiger partial charge in [0.25, 0.3) is 0 Å². The summed E-state index contributed by atoms with van der Waals surface area (Å²) < 4.78 is 73.4. The van der Waals surface area contributed by atoms with Gasteiger partial charge in [0.2, 0.25) is 0 Å². The quantitative estimate of drug-likeness (QED) is 0.00889. The zero-order valence-electron chi connectivity index (χ0n) is 73.6. The van der Waals surface area contributed by atoms with Crippen molar-refractivity contribution in [1.82, 2.24) is 0 Å². The molecule has 0 aromatic carbocycles. The van der Waals surface area contributed by atoms with Crippen LogP contribution in [0.5, 0.6) is 0 Å². The fourth-order valence-corrected chi connectivity index (χ4v) is 16.3. The number of phosphoric acid groups is 1. The van der Waals surface area contributed by atoms with Crippen molar-refractivity contribution in [2.45, 2.75) is 492 Å². The highest BCUT2D eigenvalue weighted by atomic mass is 31.2. The third kappa shape index (κ3) is 50.0. The van der Waals surface area contributed by atoms with Gasteiger partial charge in [-0.2, -0.15) is 0 Å². The van der Waals surface area contributed by atoms with E-state index in [1.54, 1.807) is 0 Å². The van der Waals surface area contributed by atoms with Crippen LogP contribution in [0.25, 0.3) is 0 Å². The standard InChI is InChI=1S/C92H167O25P/c1-6-10-14-18-22-25-28-31-33-36-39-42-45-53-59-65-77(96)111-72(68-108-75(94)63-57-52-48-47-50-56-62-71(5)61-55-49-21-17-13-9-4)69-110-118(106,107)117-90-88(115-91-85(104)81(100)79(98)73(67-93)112-91)84(103)83(102)87(114-78(97)66-60-54-46-43-40-37-34-32-29-26-23-19-15-11-7-2)89(90)116-92-86(105)82(101)80(99)74(113-92)70-109-76(95)64-58-51-44-41-38-35-30-27-24-20-16-12-8-3/h25-26,28-29,35,38,71-74,79-93,98-105H,6-24,27,30-34,36-37,39-70H2,1-5H3,(H,106,107)/b28-25-,29-26-,38-35-. The molecule has 19 atom stereocenters. The second kappa shape index (κ2) is 69.9. The largest absolute Gasteiger partial charge is 0.472 e. The van der Waals surface area contributed by atoms with Gasteiger partial charge in [-0.3, -0.25) is 28.2 Å². The van der Waals surface area contributed by atoms with Gasteiger partial charge in [0, 0.05) is 25.7 Å². The number of carbonyl (C=O) groups excluding carboxylic acids is 4. The van der Waals surface area contributed by atoms with Crippen LogP contribution >= 0.6 is 7.82 Å². The summed E-state index contributed by atoms with van der Waals surface area (Å²) in [5, 5.41) is 102. The Balaban J connectivity index is 1.93. The number of esters is 4. The molecule has 0 radical (unpaired) electrons. The summed E-state index contributed by atoms with van der Waals surface area (Å²) in [7, 11) is -5.81. The molecule has 0 aromatic rings. The van der Waals surface area contributed by atoms with Crippen LogP contribution in [-0.2, 0) is 70.7 Å². The zero-order chi connectivity index (χ0) is 86.2. The van der Waals surface area contributed by atoms with E-state index in [0.29, 0.717) is 50.9 Å². The molecule has 19 unspecified atom stereocenters. The molecule has 2 aliphatic heterocycles. The van der Waals surface area contributed by atoms with Crippen LogP contribution in [0.1, 0.15) is 388 Å². The maximum absolute atomic E-state index is 14.9. The van der Waals surface area contributed by atoms with Crippen LogP contribution in [0, 0.1) is 5.92 Å². The van der Waals surface area contributed by atoms with Crippen LogP contribution in [0.4, 0.5) is 0 Å². The Labute approximate surface area is 710 Å². The topological polar surface area (TPSA) is 380 Å². The molecule has 0 spiro atoms. The molecule has 3 fully saturated rings. The fraction of sp³-hybridized carbons (Fsp3) is 0.891. The Bertz CT molecular complexity index is 2610. The van der Waals surface area contributed by atoms with Crippen molar-refractivity contribution in [3.05, 3.63) is 36.5 Å². The van der Waals surface area contributed by atoms with E-state index in [-0.39, 0.29) is 25.7 Å². The monoisotopic (exact) mass is 1700 g/mol. The summed E-state index contributed by atoms with van der Waals surface area (Å²) in [6, 6.07) is 0. The van der Waals surface area contributed by atoms with Crippen LogP contribution < -0.4 is 0 Å². The molecule has 3 rings (SSSR count). The lowest BCUT2D eigenvalue weighted by Gasteiger charge is -2.50. The number of aliphatic hydroxyl groups excluding tert-OH is 9. The van der Waals surface area contributed by atoms with Gasteiger partial charge in [0.05, 0.1) is 13.2 Å². The highest BCUT2D eigenvalue weighted by Gasteiger charge is 2.60. The van der Waals surface area contributed by atoms with Gasteiger partial charge in [0.15, 0.2) is 24.8 Å². The SMILES string of the molecule is CCCCCC/C=C\CCCCCCCCCC(=O)OC(COC(=O)CCCCCCCCC(C)CCCCCCCC)COP(=O)(O)OC1C(OC2OC(CO)C(O)C(O)C2O)C(O)C(O)C(OC(=O)CCCCCCCCC/C=C\CCCCCC)C1OC1OC(COC(=O)CCCCC/C=C\CCCCCCCC)C(O)C(O)C1O. The third-order valence-corrected chi connectivity index (χ3v) is 24.0. The van der Waals surface area contributed by atoms with Crippen molar-refractivity contribution >= 4 is 31.7 Å². The van der Waals surface area contributed by atoms with Crippen LogP contribution in [0.2, 0.25) is 0 Å². The molecule has 26 heteroatoms. The minimum absolute atomic E-state index is 0.00792. The molecule has 2 heterocycles. The van der Waals surface area contributed by atoms with Gasteiger partial charge in [0.1, 0.15) is 92.6 Å². The molecular weight excluding hydrogens is 1540 g/mol. The van der Waals surface area contributed by atoms with Gasteiger partial charge in [-0.15, -0.1) is 0 Å². The van der Waals surface area contributed by atoms with Crippen LogP contribution in [-0.4, -0.2) is 205 Å². The first-order chi connectivity index (χ1) is 57.1. The Morgan fingerprint density at radius 2 is 0.686 bits per heavy atom. The molecule has 3 aliphatic rings. The molecule has 1 saturated carbocycles. The first-order valence-electron chi connectivity index (χ1n) is 47.1. The van der Waals surface area contributed by atoms with E-state index in [1.165, 1.54) is 135 Å². The van der Waals surface area contributed by atoms with Gasteiger partial charge >= 0.3 is 31.7 Å². The van der Waals surface area contributed by atoms with E-state index in [2.05, 4.69) is 71.1 Å². The maximum Gasteiger partial charge on any atom is 0.472 e. The van der Waals surface area contributed by atoms with Crippen molar-refractivity contribution in [2.75, 3.05) is 26.4 Å². The second-order valence-electron chi connectivity index (χ2n) is 33.8. The lowest BCUT2D eigenvalue weighted by atomic mass is 9.84. The van der Waals surface area contributed by atoms with Gasteiger partial charge in [-0.1, -0.05) is 296 Å². The molecule has 0 aromatic heterocycles. The summed E-state index contributed by atoms with van der Waals surface area (Å²) >= 11 is 0. The predicted molar refractivity (Wildman–Crippen MR) is 458 cm³/mol. The van der Waals surface area contributed by atoms with E-state index in [0.717, 1.165) is 148 Å². The fourth-order valence-electron chi connectivity index (χ4n) is 15.4. The lowest BCUT2D eigenvalue weighted by Crippen LogP contribution is -2.70. The number of carbonyl (C=O) groups is 4. The summed E-state index contributed by atoms with van der Waals surface area (Å²) in [5.74, 6) is -2.31. The summed E-state index contributed by atoms with van der Waals surface area (Å²) in [6.07, 6.45) is 30.0. The third-order valence-electron chi connectivity index (χ3n) is 23.0. The summed E-state index contributed by atoms with van der Waals surface area (Å²) in [5.41, 5.74) is 0. The highest BCUT2D eigenvalue weighted by molar-refractivity contribution is 7.47. The molecule has 0 amide bonds. The average Bonchev–Trinajstić information content (AvgIpc) is 0.753. The summed E-state index contributed by atoms with van der Waals surface area (Å²) in [6.45, 7) is 7.87. The van der Waals surface area contributed by atoms with E-state index >= 15 is 0 Å². The lowest BCUT2D eigenvalue weighted by molar-refractivity contribution is -0.360. The summed E-state index contributed by atoms with van der Waals surface area (Å²) in [4.78, 5) is 66.5. The minimum Gasteiger partial charge on any atom is -0.463 e. The van der Waals surface area contributed by atoms with E-state index < -0.39 is 162 Å². The highest BCUT2D eigenvalue weighted by Crippen LogP contribution is 2.49. The molecule has 118 heavy (non-hydrogen) atoms. The van der Waals surface area contributed by atoms with Crippen molar-refractivity contribution in [2.24, 2.45) is 5.92 Å². The van der Waals surface area contributed by atoms with E-state index in [1.807, 2.05) is 0 Å². The molecule has 10 N–H and O–H groups in total. The number of unbranched alkanes of at least 4 members (excludes halogenated alkanes) is 41. The van der Waals surface area contributed by atoms with Crippen molar-refractivity contribution in [3.8, 4) is 0 Å². The predicted octanol–water partition coefficient (Wildman–Crippen LogP) is 17.4. The van der Waals surface area contributed by atoms with E-state index in [9.17, 15) is 74.6 Å². The number of hydrogen-bond acceptors (Lipinski definition) is 24. The molecular formula is C92H167O25P. The molecule has 1 aliphatic carbocycles. The normalized spacial score (nSPS) is 25.3. The molecule has 0 bridgehead atoms. The Morgan fingerprint density at radius 1 is 0.356 bits per heavy atom. The van der Waals surface area contributed by atoms with E-state index in [4.69, 9.17) is 46.9 Å². The number of ether oxygens (including phenoxy) is 8. The van der Waals surface area contributed by atoms with Gasteiger partial charge in [-0.25, -0.2) is 4.57 Å².